The number of anilines is 1. The van der Waals surface area contributed by atoms with Crippen molar-refractivity contribution in [1.82, 2.24) is 4.98 Å². The fraction of sp³-hybridized carbons (Fsp3) is 0.625. The molecular formula is C16H23N3O2. The summed E-state index contributed by atoms with van der Waals surface area (Å²) in [5, 5.41) is 0. The Kier molecular flexibility index (Phi) is 4.10. The molecule has 0 aliphatic carbocycles. The number of rotatable bonds is 3. The van der Waals surface area contributed by atoms with E-state index in [1.54, 1.807) is 0 Å². The Balaban J connectivity index is 1.61. The van der Waals surface area contributed by atoms with E-state index in [1.807, 2.05) is 12.3 Å². The molecule has 1 aromatic rings. The highest BCUT2D eigenvalue weighted by Gasteiger charge is 2.39. The van der Waals surface area contributed by atoms with Gasteiger partial charge in [0.25, 0.3) is 0 Å². The van der Waals surface area contributed by atoms with Crippen molar-refractivity contribution in [2.75, 3.05) is 24.6 Å². The summed E-state index contributed by atoms with van der Waals surface area (Å²) in [6.07, 6.45) is 4.73. The molecule has 0 saturated carbocycles. The maximum Gasteiger partial charge on any atom is 0.223 e. The summed E-state index contributed by atoms with van der Waals surface area (Å²) in [4.78, 5) is 18.3. The molecule has 21 heavy (non-hydrogen) atoms. The minimum Gasteiger partial charge on any atom is -0.377 e. The van der Waals surface area contributed by atoms with E-state index in [2.05, 4.69) is 22.9 Å². The maximum atomic E-state index is 11.5. The lowest BCUT2D eigenvalue weighted by Crippen LogP contribution is -2.42. The van der Waals surface area contributed by atoms with E-state index in [0.29, 0.717) is 12.5 Å². The summed E-state index contributed by atoms with van der Waals surface area (Å²) in [6.45, 7) is 4.68. The molecular weight excluding hydrogens is 266 g/mol. The molecule has 3 heterocycles. The fourth-order valence-corrected chi connectivity index (χ4v) is 3.53. The topological polar surface area (TPSA) is 68.5 Å². The first-order valence-electron chi connectivity index (χ1n) is 7.73. The van der Waals surface area contributed by atoms with Gasteiger partial charge >= 0.3 is 0 Å². The second kappa shape index (κ2) is 6.02. The van der Waals surface area contributed by atoms with Gasteiger partial charge in [-0.3, -0.25) is 4.79 Å². The van der Waals surface area contributed by atoms with Gasteiger partial charge in [0.2, 0.25) is 5.91 Å². The molecule has 0 unspecified atom stereocenters. The first-order valence-corrected chi connectivity index (χ1v) is 7.73. The van der Waals surface area contributed by atoms with Crippen LogP contribution in [0, 0.1) is 18.8 Å². The number of hydrogen-bond acceptors (Lipinski definition) is 4. The third kappa shape index (κ3) is 3.02. The molecule has 5 nitrogen and oxygen atoms in total. The van der Waals surface area contributed by atoms with Crippen molar-refractivity contribution in [3.63, 3.8) is 0 Å². The Hall–Kier alpha value is -1.62. The van der Waals surface area contributed by atoms with Gasteiger partial charge in [-0.05, 0) is 49.8 Å². The number of carbonyl (C=O) groups is 1. The van der Waals surface area contributed by atoms with Crippen molar-refractivity contribution in [1.29, 1.82) is 0 Å². The van der Waals surface area contributed by atoms with E-state index in [-0.39, 0.29) is 17.9 Å². The van der Waals surface area contributed by atoms with Crippen LogP contribution in [0.25, 0.3) is 0 Å². The number of pyridine rings is 1. The standard InChI is InChI=1S/C16H23N3O2/c1-11-2-6-18-14(10-11)19-7-3-12(4-8-19)15-13(16(17)20)5-9-21-15/h2,6,10,12-13,15H,3-5,7-9H2,1H3,(H2,17,20)/t13-,15+/m0/s1. The molecule has 0 radical (unpaired) electrons. The number of ether oxygens (including phenoxy) is 1. The van der Waals surface area contributed by atoms with Gasteiger partial charge < -0.3 is 15.4 Å². The molecule has 2 aliphatic heterocycles. The van der Waals surface area contributed by atoms with Gasteiger partial charge in [0, 0.05) is 25.9 Å². The number of aromatic nitrogens is 1. The number of nitrogens with two attached hydrogens (primary N) is 1. The van der Waals surface area contributed by atoms with Gasteiger partial charge in [0.1, 0.15) is 5.82 Å². The van der Waals surface area contributed by atoms with Gasteiger partial charge in [-0.25, -0.2) is 4.98 Å². The van der Waals surface area contributed by atoms with E-state index < -0.39 is 0 Å². The molecule has 0 bridgehead atoms. The molecule has 2 atom stereocenters. The fourth-order valence-electron chi connectivity index (χ4n) is 3.53. The monoisotopic (exact) mass is 289 g/mol. The van der Waals surface area contributed by atoms with E-state index >= 15 is 0 Å². The Morgan fingerprint density at radius 2 is 2.14 bits per heavy atom. The molecule has 2 N–H and O–H groups in total. The summed E-state index contributed by atoms with van der Waals surface area (Å²) in [6, 6.07) is 4.14. The van der Waals surface area contributed by atoms with E-state index in [4.69, 9.17) is 10.5 Å². The zero-order valence-electron chi connectivity index (χ0n) is 12.5. The highest BCUT2D eigenvalue weighted by molar-refractivity contribution is 5.77. The smallest absolute Gasteiger partial charge is 0.223 e. The third-order valence-corrected chi connectivity index (χ3v) is 4.73. The van der Waals surface area contributed by atoms with Gasteiger partial charge in [0.15, 0.2) is 0 Å². The number of piperidine rings is 1. The zero-order chi connectivity index (χ0) is 14.8. The van der Waals surface area contributed by atoms with Crippen LogP contribution in [0.15, 0.2) is 18.3 Å². The lowest BCUT2D eigenvalue weighted by atomic mass is 9.84. The molecule has 2 fully saturated rings. The van der Waals surface area contributed by atoms with Gasteiger partial charge in [-0.15, -0.1) is 0 Å². The number of aryl methyl sites for hydroxylation is 1. The summed E-state index contributed by atoms with van der Waals surface area (Å²) in [7, 11) is 0. The summed E-state index contributed by atoms with van der Waals surface area (Å²) >= 11 is 0. The lowest BCUT2D eigenvalue weighted by Gasteiger charge is -2.36. The van der Waals surface area contributed by atoms with Gasteiger partial charge in [-0.1, -0.05) is 0 Å². The summed E-state index contributed by atoms with van der Waals surface area (Å²) in [5.74, 6) is 1.18. The summed E-state index contributed by atoms with van der Waals surface area (Å²) in [5.41, 5.74) is 6.72. The largest absolute Gasteiger partial charge is 0.377 e. The quantitative estimate of drug-likeness (QED) is 0.915. The van der Waals surface area contributed by atoms with Gasteiger partial charge in [-0.2, -0.15) is 0 Å². The van der Waals surface area contributed by atoms with Crippen LogP contribution in [-0.2, 0) is 9.53 Å². The Morgan fingerprint density at radius 1 is 1.38 bits per heavy atom. The average Bonchev–Trinajstić information content (AvgIpc) is 2.97. The molecule has 1 aromatic heterocycles. The predicted molar refractivity (Wildman–Crippen MR) is 81.0 cm³/mol. The van der Waals surface area contributed by atoms with Crippen molar-refractivity contribution >= 4 is 11.7 Å². The van der Waals surface area contributed by atoms with Crippen molar-refractivity contribution in [2.24, 2.45) is 17.6 Å². The van der Waals surface area contributed by atoms with Crippen LogP contribution in [0.4, 0.5) is 5.82 Å². The number of carbonyl (C=O) groups excluding carboxylic acids is 1. The SMILES string of the molecule is Cc1ccnc(N2CCC([C@H]3OCC[C@@H]3C(N)=O)CC2)c1. The van der Waals surface area contributed by atoms with Crippen LogP contribution < -0.4 is 10.6 Å². The van der Waals surface area contributed by atoms with Crippen LogP contribution in [-0.4, -0.2) is 36.7 Å². The number of primary amides is 1. The summed E-state index contributed by atoms with van der Waals surface area (Å²) < 4.78 is 5.79. The van der Waals surface area contributed by atoms with E-state index in [1.165, 1.54) is 5.56 Å². The molecule has 114 valence electrons. The highest BCUT2D eigenvalue weighted by atomic mass is 16.5. The number of amides is 1. The van der Waals surface area contributed by atoms with Crippen molar-refractivity contribution < 1.29 is 9.53 Å². The highest BCUT2D eigenvalue weighted by Crippen LogP contribution is 2.33. The molecule has 1 amide bonds. The molecule has 0 aromatic carbocycles. The second-order valence-corrected chi connectivity index (χ2v) is 6.15. The van der Waals surface area contributed by atoms with E-state index in [0.717, 1.165) is 38.2 Å². The number of hydrogen-bond donors (Lipinski definition) is 1. The van der Waals surface area contributed by atoms with Crippen molar-refractivity contribution in [2.45, 2.75) is 32.3 Å². The van der Waals surface area contributed by atoms with Crippen molar-refractivity contribution in [3.8, 4) is 0 Å². The minimum atomic E-state index is -0.208. The van der Waals surface area contributed by atoms with Crippen LogP contribution in [0.5, 0.6) is 0 Å². The van der Waals surface area contributed by atoms with Gasteiger partial charge in [0.05, 0.1) is 12.0 Å². The minimum absolute atomic E-state index is 0.0233. The molecule has 3 rings (SSSR count). The molecule has 5 heteroatoms. The normalized spacial score (nSPS) is 27.0. The van der Waals surface area contributed by atoms with Crippen LogP contribution in [0.1, 0.15) is 24.8 Å². The first-order chi connectivity index (χ1) is 10.1. The Bertz CT molecular complexity index is 512. The Labute approximate surface area is 125 Å². The molecule has 0 spiro atoms. The second-order valence-electron chi connectivity index (χ2n) is 6.15. The van der Waals surface area contributed by atoms with Crippen molar-refractivity contribution in [3.05, 3.63) is 23.9 Å². The van der Waals surface area contributed by atoms with Crippen LogP contribution >= 0.6 is 0 Å². The molecule has 2 aliphatic rings. The van der Waals surface area contributed by atoms with E-state index in [9.17, 15) is 4.79 Å². The Morgan fingerprint density at radius 3 is 2.81 bits per heavy atom. The molecule has 2 saturated heterocycles. The number of nitrogens with zero attached hydrogens (tertiary/aromatic N) is 2. The zero-order valence-corrected chi connectivity index (χ0v) is 12.5. The van der Waals surface area contributed by atoms with Crippen LogP contribution in [0.3, 0.4) is 0 Å². The maximum absolute atomic E-state index is 11.5. The third-order valence-electron chi connectivity index (χ3n) is 4.73. The predicted octanol–water partition coefficient (Wildman–Crippen LogP) is 1.50. The first kappa shape index (κ1) is 14.3. The lowest BCUT2D eigenvalue weighted by molar-refractivity contribution is -0.124. The average molecular weight is 289 g/mol. The van der Waals surface area contributed by atoms with Crippen LogP contribution in [0.2, 0.25) is 0 Å².